The number of halogens is 2. The summed E-state index contributed by atoms with van der Waals surface area (Å²) in [6.45, 7) is 0. The zero-order valence-corrected chi connectivity index (χ0v) is 11.2. The number of thioether (sulfide) groups is 1. The second kappa shape index (κ2) is 5.67. The zero-order valence-electron chi connectivity index (χ0n) is 8.86. The van der Waals surface area contributed by atoms with Crippen LogP contribution in [-0.4, -0.2) is 5.11 Å². The number of hydrogen-bond donors (Lipinski definition) is 1. The number of benzene rings is 2. The molecule has 0 radical (unpaired) electrons. The van der Waals surface area contributed by atoms with E-state index >= 15 is 0 Å². The van der Waals surface area contributed by atoms with E-state index in [9.17, 15) is 5.11 Å². The second-order valence-corrected chi connectivity index (χ2v) is 5.41. The third kappa shape index (κ3) is 3.56. The van der Waals surface area contributed by atoms with Gasteiger partial charge in [-0.3, -0.25) is 0 Å². The molecule has 0 heterocycles. The molecule has 0 unspecified atom stereocenters. The molecule has 4 heteroatoms. The van der Waals surface area contributed by atoms with E-state index < -0.39 is 0 Å². The van der Waals surface area contributed by atoms with Crippen LogP contribution in [-0.2, 0) is 5.75 Å². The van der Waals surface area contributed by atoms with Gasteiger partial charge in [0.2, 0.25) is 0 Å². The highest BCUT2D eigenvalue weighted by molar-refractivity contribution is 7.98. The molecule has 1 N–H and O–H groups in total. The SMILES string of the molecule is Oc1ccc(SCc2cc(Cl)ccc2Cl)cc1. The molecule has 0 bridgehead atoms. The molecular weight excluding hydrogens is 275 g/mol. The van der Waals surface area contributed by atoms with Gasteiger partial charge in [0, 0.05) is 20.7 Å². The van der Waals surface area contributed by atoms with Gasteiger partial charge in [0.15, 0.2) is 0 Å². The Bertz CT molecular complexity index is 511. The van der Waals surface area contributed by atoms with Gasteiger partial charge in [0.05, 0.1) is 0 Å². The van der Waals surface area contributed by atoms with Crippen molar-refractivity contribution in [1.29, 1.82) is 0 Å². The summed E-state index contributed by atoms with van der Waals surface area (Å²) in [6.07, 6.45) is 0. The molecule has 0 saturated heterocycles. The number of phenols is 1. The van der Waals surface area contributed by atoms with Crippen LogP contribution in [0.15, 0.2) is 47.4 Å². The van der Waals surface area contributed by atoms with Crippen LogP contribution in [0.1, 0.15) is 5.56 Å². The summed E-state index contributed by atoms with van der Waals surface area (Å²) in [6, 6.07) is 12.5. The number of hydrogen-bond acceptors (Lipinski definition) is 2. The first kappa shape index (κ1) is 12.6. The lowest BCUT2D eigenvalue weighted by atomic mass is 10.2. The Kier molecular flexibility index (Phi) is 4.21. The molecule has 2 aromatic carbocycles. The summed E-state index contributed by atoms with van der Waals surface area (Å²) in [5.41, 5.74) is 1.01. The third-order valence-corrected chi connectivity index (χ3v) is 3.90. The Morgan fingerprint density at radius 2 is 1.71 bits per heavy atom. The second-order valence-electron chi connectivity index (χ2n) is 3.52. The van der Waals surface area contributed by atoms with E-state index in [0.717, 1.165) is 21.2 Å². The molecule has 0 fully saturated rings. The van der Waals surface area contributed by atoms with Gasteiger partial charge in [-0.15, -0.1) is 11.8 Å². The van der Waals surface area contributed by atoms with Gasteiger partial charge in [0.25, 0.3) is 0 Å². The molecule has 0 amide bonds. The van der Waals surface area contributed by atoms with Crippen molar-refractivity contribution in [3.63, 3.8) is 0 Å². The molecule has 0 spiro atoms. The molecule has 88 valence electrons. The quantitative estimate of drug-likeness (QED) is 0.801. The predicted molar refractivity (Wildman–Crippen MR) is 74.1 cm³/mol. The fourth-order valence-corrected chi connectivity index (χ4v) is 2.71. The van der Waals surface area contributed by atoms with Crippen LogP contribution >= 0.6 is 35.0 Å². The van der Waals surface area contributed by atoms with Crippen molar-refractivity contribution in [3.8, 4) is 5.75 Å². The van der Waals surface area contributed by atoms with E-state index in [0.29, 0.717) is 5.02 Å². The van der Waals surface area contributed by atoms with Gasteiger partial charge >= 0.3 is 0 Å². The van der Waals surface area contributed by atoms with Gasteiger partial charge < -0.3 is 5.11 Å². The summed E-state index contributed by atoms with van der Waals surface area (Å²) < 4.78 is 0. The van der Waals surface area contributed by atoms with Crippen LogP contribution in [0.5, 0.6) is 5.75 Å². The lowest BCUT2D eigenvalue weighted by Crippen LogP contribution is -1.82. The first-order chi connectivity index (χ1) is 8.15. The lowest BCUT2D eigenvalue weighted by molar-refractivity contribution is 0.475. The first-order valence-electron chi connectivity index (χ1n) is 5.01. The largest absolute Gasteiger partial charge is 0.508 e. The maximum absolute atomic E-state index is 9.17. The fourth-order valence-electron chi connectivity index (χ4n) is 1.36. The Hall–Kier alpha value is -0.830. The Morgan fingerprint density at radius 1 is 1.00 bits per heavy atom. The maximum Gasteiger partial charge on any atom is 0.115 e. The van der Waals surface area contributed by atoms with Crippen LogP contribution < -0.4 is 0 Å². The van der Waals surface area contributed by atoms with E-state index in [2.05, 4.69) is 0 Å². The standard InChI is InChI=1S/C13H10Cl2OS/c14-10-1-6-13(15)9(7-10)8-17-12-4-2-11(16)3-5-12/h1-7,16H,8H2. The normalized spacial score (nSPS) is 10.5. The Labute approximate surface area is 114 Å². The van der Waals surface area contributed by atoms with Gasteiger partial charge in [-0.05, 0) is 48.0 Å². The van der Waals surface area contributed by atoms with Gasteiger partial charge in [-0.25, -0.2) is 0 Å². The molecule has 17 heavy (non-hydrogen) atoms. The van der Waals surface area contributed by atoms with Crippen LogP contribution in [0.3, 0.4) is 0 Å². The van der Waals surface area contributed by atoms with E-state index in [-0.39, 0.29) is 5.75 Å². The monoisotopic (exact) mass is 284 g/mol. The summed E-state index contributed by atoms with van der Waals surface area (Å²) >= 11 is 13.6. The van der Waals surface area contributed by atoms with Crippen molar-refractivity contribution in [3.05, 3.63) is 58.1 Å². The van der Waals surface area contributed by atoms with Crippen molar-refractivity contribution < 1.29 is 5.11 Å². The van der Waals surface area contributed by atoms with Crippen molar-refractivity contribution in [2.24, 2.45) is 0 Å². The zero-order chi connectivity index (χ0) is 12.3. The van der Waals surface area contributed by atoms with Crippen molar-refractivity contribution in [2.75, 3.05) is 0 Å². The molecule has 0 aromatic heterocycles. The predicted octanol–water partition coefficient (Wildman–Crippen LogP) is 4.99. The number of phenolic OH excluding ortho intramolecular Hbond substituents is 1. The molecule has 0 aliphatic rings. The van der Waals surface area contributed by atoms with Crippen LogP contribution in [0.4, 0.5) is 0 Å². The molecule has 2 aromatic rings. The van der Waals surface area contributed by atoms with E-state index in [1.807, 2.05) is 18.2 Å². The average Bonchev–Trinajstić information content (AvgIpc) is 2.32. The van der Waals surface area contributed by atoms with Crippen LogP contribution in [0.25, 0.3) is 0 Å². The molecule has 1 nitrogen and oxygen atoms in total. The summed E-state index contributed by atoms with van der Waals surface area (Å²) in [7, 11) is 0. The van der Waals surface area contributed by atoms with Crippen molar-refractivity contribution in [1.82, 2.24) is 0 Å². The minimum absolute atomic E-state index is 0.273. The van der Waals surface area contributed by atoms with E-state index in [1.54, 1.807) is 36.0 Å². The maximum atomic E-state index is 9.17. The van der Waals surface area contributed by atoms with Crippen molar-refractivity contribution in [2.45, 2.75) is 10.6 Å². The van der Waals surface area contributed by atoms with Crippen LogP contribution in [0, 0.1) is 0 Å². The number of aromatic hydroxyl groups is 1. The third-order valence-electron chi connectivity index (χ3n) is 2.24. The summed E-state index contributed by atoms with van der Waals surface area (Å²) in [4.78, 5) is 1.08. The Balaban J connectivity index is 2.07. The van der Waals surface area contributed by atoms with E-state index in [4.69, 9.17) is 23.2 Å². The van der Waals surface area contributed by atoms with Crippen LogP contribution in [0.2, 0.25) is 10.0 Å². The smallest absolute Gasteiger partial charge is 0.115 e. The van der Waals surface area contributed by atoms with Gasteiger partial charge in [0.1, 0.15) is 5.75 Å². The van der Waals surface area contributed by atoms with Gasteiger partial charge in [-0.1, -0.05) is 23.2 Å². The topological polar surface area (TPSA) is 20.2 Å². The molecule has 0 saturated carbocycles. The lowest BCUT2D eigenvalue weighted by Gasteiger charge is -2.05. The van der Waals surface area contributed by atoms with Crippen molar-refractivity contribution >= 4 is 35.0 Å². The summed E-state index contributed by atoms with van der Waals surface area (Å²) in [5, 5.41) is 10.6. The molecule has 0 aliphatic carbocycles. The molecule has 2 rings (SSSR count). The highest BCUT2D eigenvalue weighted by Crippen LogP contribution is 2.29. The first-order valence-corrected chi connectivity index (χ1v) is 6.75. The minimum atomic E-state index is 0.273. The summed E-state index contributed by atoms with van der Waals surface area (Å²) in [5.74, 6) is 1.03. The molecular formula is C13H10Cl2OS. The number of rotatable bonds is 3. The highest BCUT2D eigenvalue weighted by atomic mass is 35.5. The fraction of sp³-hybridized carbons (Fsp3) is 0.0769. The molecule has 0 aliphatic heterocycles. The Morgan fingerprint density at radius 3 is 2.41 bits per heavy atom. The molecule has 0 atom stereocenters. The highest BCUT2D eigenvalue weighted by Gasteiger charge is 2.02. The van der Waals surface area contributed by atoms with E-state index in [1.165, 1.54) is 0 Å². The average molecular weight is 285 g/mol. The van der Waals surface area contributed by atoms with Gasteiger partial charge in [-0.2, -0.15) is 0 Å². The minimum Gasteiger partial charge on any atom is -0.508 e.